The molecule has 0 aromatic carbocycles. The van der Waals surface area contributed by atoms with E-state index in [1.807, 2.05) is 0 Å². The van der Waals surface area contributed by atoms with E-state index < -0.39 is 0 Å². The zero-order valence-electron chi connectivity index (χ0n) is 1.73. The van der Waals surface area contributed by atoms with Gasteiger partial charge in [0, 0.05) is 21.8 Å². The van der Waals surface area contributed by atoms with Gasteiger partial charge in [-0.15, -0.1) is 12.6 Å². The summed E-state index contributed by atoms with van der Waals surface area (Å²) >= 11 is 7.61. The summed E-state index contributed by atoms with van der Waals surface area (Å²) in [4.78, 5) is 0. The van der Waals surface area contributed by atoms with E-state index in [9.17, 15) is 0 Å². The molecule has 0 atom stereocenters. The first-order valence-corrected chi connectivity index (χ1v) is 1.48. The van der Waals surface area contributed by atoms with Crippen molar-refractivity contribution in [2.45, 2.75) is 0 Å². The fraction of sp³-hybridized carbons (Fsp3) is 0. The van der Waals surface area contributed by atoms with Gasteiger partial charge in [-0.3, -0.25) is 0 Å². The van der Waals surface area contributed by atoms with E-state index in [-0.39, 0.29) is 17.1 Å². The largest absolute Gasteiger partial charge is 0.140 e. The Hall–Kier alpha value is 0.959. The molecule has 29 valence electrons. The Morgan fingerprint density at radius 3 is 1.75 bits per heavy atom. The van der Waals surface area contributed by atoms with Crippen LogP contribution >= 0.6 is 24.8 Å². The molecule has 0 heterocycles. The fourth-order valence-electron chi connectivity index (χ4n) is 0. The van der Waals surface area contributed by atoms with Crippen molar-refractivity contribution in [2.24, 2.45) is 0 Å². The molecule has 0 unspecified atom stereocenters. The van der Waals surface area contributed by atoms with Crippen molar-refractivity contribution in [3.8, 4) is 0 Å². The second-order valence-electron chi connectivity index (χ2n) is 0.105. The third kappa shape index (κ3) is 12.3. The van der Waals surface area contributed by atoms with E-state index in [0.717, 1.165) is 0 Å². The van der Waals surface area contributed by atoms with Crippen molar-refractivity contribution in [1.29, 1.82) is 0 Å². The Balaban J connectivity index is 0. The Morgan fingerprint density at radius 2 is 1.75 bits per heavy atom. The van der Waals surface area contributed by atoms with Crippen LogP contribution in [-0.4, -0.2) is 4.70 Å². The van der Waals surface area contributed by atoms with Crippen LogP contribution < -0.4 is 0 Å². The summed E-state index contributed by atoms with van der Waals surface area (Å²) in [5.74, 6) is 0. The molecule has 0 spiro atoms. The van der Waals surface area contributed by atoms with Crippen molar-refractivity contribution in [2.75, 3.05) is 0 Å². The minimum atomic E-state index is 0. The van der Waals surface area contributed by atoms with Gasteiger partial charge >= 0.3 is 0 Å². The van der Waals surface area contributed by atoms with Crippen molar-refractivity contribution in [3.63, 3.8) is 0 Å². The Bertz CT molecular complexity index is 13.5. The summed E-state index contributed by atoms with van der Waals surface area (Å²) in [5, 5.41) is 0. The summed E-state index contributed by atoms with van der Waals surface area (Å²) in [6.07, 6.45) is 0. The molecule has 0 aliphatic carbocycles. The monoisotopic (exact) mass is 141 g/mol. The molecular formula is CH2CuS2. The molecular weight excluding hydrogens is 140 g/mol. The van der Waals surface area contributed by atoms with Gasteiger partial charge in [-0.1, -0.05) is 12.2 Å². The number of rotatable bonds is 0. The summed E-state index contributed by atoms with van der Waals surface area (Å²) in [7, 11) is 0. The molecule has 0 aromatic rings. The molecule has 0 rings (SSSR count). The van der Waals surface area contributed by atoms with Crippen LogP contribution in [0.1, 0.15) is 0 Å². The molecule has 0 aromatic heterocycles. The quantitative estimate of drug-likeness (QED) is 0.297. The first-order chi connectivity index (χ1) is 1.41. The second kappa shape index (κ2) is 9.03. The van der Waals surface area contributed by atoms with Crippen LogP contribution in [0, 0.1) is 0 Å². The van der Waals surface area contributed by atoms with Crippen molar-refractivity contribution < 1.29 is 17.1 Å². The summed E-state index contributed by atoms with van der Waals surface area (Å²) in [6, 6.07) is 0. The predicted molar refractivity (Wildman–Crippen MR) is 22.6 cm³/mol. The number of thiocarbonyl (C=S) groups is 1. The van der Waals surface area contributed by atoms with E-state index in [2.05, 4.69) is 24.8 Å². The molecule has 0 bridgehead atoms. The third-order valence-corrected chi connectivity index (χ3v) is 0. The molecule has 0 fully saturated rings. The molecule has 0 saturated heterocycles. The van der Waals surface area contributed by atoms with Gasteiger partial charge in [-0.05, 0) is 0 Å². The van der Waals surface area contributed by atoms with Crippen molar-refractivity contribution >= 4 is 29.5 Å². The van der Waals surface area contributed by atoms with Crippen molar-refractivity contribution in [1.82, 2.24) is 0 Å². The van der Waals surface area contributed by atoms with Crippen LogP contribution in [0.5, 0.6) is 0 Å². The number of thiol groups is 1. The molecule has 0 amide bonds. The van der Waals surface area contributed by atoms with Crippen LogP contribution in [0.15, 0.2) is 0 Å². The molecule has 0 nitrogen and oxygen atoms in total. The number of hydrogen-bond acceptors (Lipinski definition) is 1. The summed E-state index contributed by atoms with van der Waals surface area (Å²) in [6.45, 7) is 0. The molecule has 0 aliphatic heterocycles. The first-order valence-electron chi connectivity index (χ1n) is 0.494. The predicted octanol–water partition coefficient (Wildman–Crippen LogP) is 0.871. The van der Waals surface area contributed by atoms with Crippen LogP contribution in [0.4, 0.5) is 0 Å². The van der Waals surface area contributed by atoms with Gasteiger partial charge in [0.2, 0.25) is 0 Å². The minimum absolute atomic E-state index is 0. The average molecular weight is 142 g/mol. The van der Waals surface area contributed by atoms with Gasteiger partial charge in [0.25, 0.3) is 0 Å². The van der Waals surface area contributed by atoms with Gasteiger partial charge in [-0.2, -0.15) is 0 Å². The Morgan fingerprint density at radius 1 is 1.75 bits per heavy atom. The Kier molecular flexibility index (Phi) is 20.0. The zero-order chi connectivity index (χ0) is 2.71. The van der Waals surface area contributed by atoms with E-state index in [1.165, 1.54) is 4.70 Å². The normalized spacial score (nSPS) is 3.25. The molecule has 0 N–H and O–H groups in total. The number of hydrogen-bond donors (Lipinski definition) is 1. The second-order valence-corrected chi connectivity index (χ2v) is 0.949. The molecule has 0 saturated carbocycles. The van der Waals surface area contributed by atoms with Crippen LogP contribution in [0.3, 0.4) is 0 Å². The van der Waals surface area contributed by atoms with E-state index in [0.29, 0.717) is 0 Å². The smallest absolute Gasteiger partial charge is 0.0310 e. The average Bonchev–Trinajstić information content (AvgIpc) is 0.918. The Labute approximate surface area is 46.8 Å². The van der Waals surface area contributed by atoms with E-state index in [1.54, 1.807) is 0 Å². The summed E-state index contributed by atoms with van der Waals surface area (Å²) < 4.78 is 1.28. The molecule has 1 radical (unpaired) electrons. The van der Waals surface area contributed by atoms with Gasteiger partial charge < -0.3 is 0 Å². The fourth-order valence-corrected chi connectivity index (χ4v) is 0. The van der Waals surface area contributed by atoms with Crippen molar-refractivity contribution in [3.05, 3.63) is 0 Å². The zero-order valence-corrected chi connectivity index (χ0v) is 4.39. The van der Waals surface area contributed by atoms with Gasteiger partial charge in [0.05, 0.1) is 0 Å². The first kappa shape index (κ1) is 8.88. The van der Waals surface area contributed by atoms with E-state index >= 15 is 0 Å². The van der Waals surface area contributed by atoms with Gasteiger partial charge in [0.15, 0.2) is 0 Å². The standard InChI is InChI=1S/CH2S2.Cu/c2-1-3;/h1H,(H,2,3);. The molecule has 3 heteroatoms. The molecule has 4 heavy (non-hydrogen) atoms. The SMILES string of the molecule is S=CS.[Cu]. The van der Waals surface area contributed by atoms with Crippen LogP contribution in [0.25, 0.3) is 0 Å². The van der Waals surface area contributed by atoms with Crippen LogP contribution in [0.2, 0.25) is 0 Å². The van der Waals surface area contributed by atoms with Gasteiger partial charge in [-0.25, -0.2) is 0 Å². The minimum Gasteiger partial charge on any atom is -0.140 e. The molecule has 0 aliphatic rings. The topological polar surface area (TPSA) is 0 Å². The van der Waals surface area contributed by atoms with Crippen LogP contribution in [-0.2, 0) is 17.1 Å². The van der Waals surface area contributed by atoms with Gasteiger partial charge in [0.1, 0.15) is 0 Å². The van der Waals surface area contributed by atoms with E-state index in [4.69, 9.17) is 0 Å². The maximum Gasteiger partial charge on any atom is 0.0310 e. The maximum absolute atomic E-state index is 4.13. The third-order valence-electron chi connectivity index (χ3n) is 0. The summed E-state index contributed by atoms with van der Waals surface area (Å²) in [5.41, 5.74) is 0. The maximum atomic E-state index is 4.13.